The molecule has 1 fully saturated rings. The molecule has 0 saturated carbocycles. The smallest absolute Gasteiger partial charge is 0.261 e. The van der Waals surface area contributed by atoms with Crippen molar-refractivity contribution in [3.8, 4) is 0 Å². The Morgan fingerprint density at radius 2 is 1.85 bits per heavy atom. The highest BCUT2D eigenvalue weighted by molar-refractivity contribution is 6.42. The average Bonchev–Trinajstić information content (AvgIpc) is 3.08. The molecule has 2 aromatic carbocycles. The van der Waals surface area contributed by atoms with Crippen LogP contribution in [0.5, 0.6) is 0 Å². The first-order valence-electron chi connectivity index (χ1n) is 11.0. The van der Waals surface area contributed by atoms with Crippen molar-refractivity contribution in [1.82, 2.24) is 19.8 Å². The summed E-state index contributed by atoms with van der Waals surface area (Å²) in [7, 11) is 0. The molecule has 2 heterocycles. The minimum absolute atomic E-state index is 0.0740. The molecule has 1 aromatic heterocycles. The van der Waals surface area contributed by atoms with E-state index in [9.17, 15) is 14.4 Å². The predicted molar refractivity (Wildman–Crippen MR) is 133 cm³/mol. The molecule has 0 spiro atoms. The minimum atomic E-state index is -0.317. The van der Waals surface area contributed by atoms with Crippen LogP contribution in [0.25, 0.3) is 10.9 Å². The van der Waals surface area contributed by atoms with Crippen LogP contribution in [-0.4, -0.2) is 52.4 Å². The fourth-order valence-corrected chi connectivity index (χ4v) is 4.33. The predicted octanol–water partition coefficient (Wildman–Crippen LogP) is 3.08. The van der Waals surface area contributed by atoms with Crippen molar-refractivity contribution < 1.29 is 9.59 Å². The zero-order chi connectivity index (χ0) is 24.2. The first kappa shape index (κ1) is 24.0. The van der Waals surface area contributed by atoms with E-state index in [1.165, 1.54) is 10.9 Å². The summed E-state index contributed by atoms with van der Waals surface area (Å²) in [6, 6.07) is 10.7. The molecule has 10 heteroatoms. The number of carbonyl (C=O) groups is 2. The molecule has 1 N–H and O–H groups in total. The van der Waals surface area contributed by atoms with Crippen molar-refractivity contribution in [2.75, 3.05) is 31.1 Å². The second-order valence-electron chi connectivity index (χ2n) is 8.25. The zero-order valence-corrected chi connectivity index (χ0v) is 20.3. The Morgan fingerprint density at radius 1 is 1.03 bits per heavy atom. The Bertz CT molecular complexity index is 1290. The normalized spacial score (nSPS) is 14.2. The van der Waals surface area contributed by atoms with Gasteiger partial charge in [-0.15, -0.1) is 0 Å². The van der Waals surface area contributed by atoms with Crippen LogP contribution in [0.3, 0.4) is 0 Å². The number of aromatic nitrogens is 2. The van der Waals surface area contributed by atoms with Crippen LogP contribution in [0.2, 0.25) is 10.0 Å². The third kappa shape index (κ3) is 5.51. The number of carbonyl (C=O) groups excluding carboxylic acids is 2. The molecular weight excluding hydrogens is 477 g/mol. The Morgan fingerprint density at radius 3 is 2.62 bits per heavy atom. The molecule has 0 radical (unpaired) electrons. The first-order valence-corrected chi connectivity index (χ1v) is 11.8. The van der Waals surface area contributed by atoms with E-state index in [4.69, 9.17) is 23.2 Å². The van der Waals surface area contributed by atoms with E-state index in [1.54, 1.807) is 25.1 Å². The second kappa shape index (κ2) is 10.4. The minimum Gasteiger partial charge on any atom is -0.370 e. The number of nitrogens with one attached hydrogen (secondary N) is 1. The topological polar surface area (TPSA) is 87.5 Å². The highest BCUT2D eigenvalue weighted by Gasteiger charge is 2.18. The number of nitrogens with zero attached hydrogens (tertiary/aromatic N) is 4. The van der Waals surface area contributed by atoms with E-state index in [2.05, 4.69) is 15.2 Å². The number of hydrogen-bond donors (Lipinski definition) is 1. The number of amides is 2. The van der Waals surface area contributed by atoms with Gasteiger partial charge in [0, 0.05) is 45.3 Å². The lowest BCUT2D eigenvalue weighted by Gasteiger charge is -2.23. The lowest BCUT2D eigenvalue weighted by molar-refractivity contribution is -0.128. The Hall–Kier alpha value is -3.10. The van der Waals surface area contributed by atoms with Gasteiger partial charge in [-0.1, -0.05) is 29.3 Å². The van der Waals surface area contributed by atoms with Gasteiger partial charge in [-0.05, 0) is 42.3 Å². The van der Waals surface area contributed by atoms with Crippen molar-refractivity contribution in [3.05, 3.63) is 68.7 Å². The third-order valence-electron chi connectivity index (χ3n) is 5.90. The van der Waals surface area contributed by atoms with Gasteiger partial charge in [0.15, 0.2) is 0 Å². The standard InChI is InChI=1S/C24H25Cl2N5O3/c1-16(32)29-7-2-8-30(10-9-29)18-4-6-22-19(12-18)24(34)31(15-28-22)14-23(33)27-13-17-3-5-20(25)21(26)11-17/h3-6,11-12,15H,2,7-10,13-14H2,1H3,(H,27,33). The molecule has 2 amide bonds. The lowest BCUT2D eigenvalue weighted by atomic mass is 10.2. The molecule has 3 aromatic rings. The molecule has 0 atom stereocenters. The van der Waals surface area contributed by atoms with Gasteiger partial charge < -0.3 is 15.1 Å². The molecule has 1 aliphatic heterocycles. The van der Waals surface area contributed by atoms with Crippen molar-refractivity contribution in [1.29, 1.82) is 0 Å². The average molecular weight is 502 g/mol. The van der Waals surface area contributed by atoms with Crippen molar-refractivity contribution in [3.63, 3.8) is 0 Å². The van der Waals surface area contributed by atoms with Gasteiger partial charge in [-0.3, -0.25) is 19.0 Å². The summed E-state index contributed by atoms with van der Waals surface area (Å²) in [6.45, 7) is 4.55. The molecule has 0 aliphatic carbocycles. The van der Waals surface area contributed by atoms with Gasteiger partial charge in [0.05, 0.1) is 27.3 Å². The highest BCUT2D eigenvalue weighted by Crippen LogP contribution is 2.23. The van der Waals surface area contributed by atoms with Crippen LogP contribution in [0.15, 0.2) is 47.5 Å². The van der Waals surface area contributed by atoms with Crippen molar-refractivity contribution in [2.24, 2.45) is 0 Å². The van der Waals surface area contributed by atoms with Gasteiger partial charge in [-0.25, -0.2) is 4.98 Å². The zero-order valence-electron chi connectivity index (χ0n) is 18.8. The lowest BCUT2D eigenvalue weighted by Crippen LogP contribution is -2.34. The summed E-state index contributed by atoms with van der Waals surface area (Å²) in [5.74, 6) is -0.243. The summed E-state index contributed by atoms with van der Waals surface area (Å²) in [6.07, 6.45) is 2.24. The molecule has 1 aliphatic rings. The molecule has 178 valence electrons. The van der Waals surface area contributed by atoms with Gasteiger partial charge in [0.1, 0.15) is 6.54 Å². The van der Waals surface area contributed by atoms with E-state index in [-0.39, 0.29) is 30.5 Å². The molecule has 1 saturated heterocycles. The van der Waals surface area contributed by atoms with Gasteiger partial charge >= 0.3 is 0 Å². The molecule has 34 heavy (non-hydrogen) atoms. The van der Waals surface area contributed by atoms with Crippen LogP contribution in [0.1, 0.15) is 18.9 Å². The van der Waals surface area contributed by atoms with Gasteiger partial charge in [0.2, 0.25) is 11.8 Å². The number of hydrogen-bond acceptors (Lipinski definition) is 5. The number of anilines is 1. The van der Waals surface area contributed by atoms with Crippen LogP contribution in [-0.2, 0) is 22.7 Å². The van der Waals surface area contributed by atoms with E-state index in [1.807, 2.05) is 23.1 Å². The number of benzene rings is 2. The monoisotopic (exact) mass is 501 g/mol. The van der Waals surface area contributed by atoms with Crippen LogP contribution >= 0.6 is 23.2 Å². The second-order valence-corrected chi connectivity index (χ2v) is 9.07. The molecular formula is C24H25Cl2N5O3. The highest BCUT2D eigenvalue weighted by atomic mass is 35.5. The van der Waals surface area contributed by atoms with Crippen molar-refractivity contribution >= 4 is 51.6 Å². The number of halogens is 2. The number of fused-ring (bicyclic) bond motifs is 1. The molecule has 0 unspecified atom stereocenters. The SMILES string of the molecule is CC(=O)N1CCCN(c2ccc3ncn(CC(=O)NCc4ccc(Cl)c(Cl)c4)c(=O)c3c2)CC1. The fourth-order valence-electron chi connectivity index (χ4n) is 4.01. The summed E-state index contributed by atoms with van der Waals surface area (Å²) in [5.41, 5.74) is 1.99. The summed E-state index contributed by atoms with van der Waals surface area (Å²) < 4.78 is 1.30. The van der Waals surface area contributed by atoms with E-state index >= 15 is 0 Å². The summed E-state index contributed by atoms with van der Waals surface area (Å²) in [5, 5.41) is 4.09. The maximum absolute atomic E-state index is 13.1. The number of rotatable bonds is 5. The Labute approximate surface area is 207 Å². The first-order chi connectivity index (χ1) is 16.3. The van der Waals surface area contributed by atoms with E-state index < -0.39 is 0 Å². The summed E-state index contributed by atoms with van der Waals surface area (Å²) >= 11 is 11.9. The maximum Gasteiger partial charge on any atom is 0.261 e. The molecule has 8 nitrogen and oxygen atoms in total. The molecule has 4 rings (SSSR count). The van der Waals surface area contributed by atoms with E-state index in [0.29, 0.717) is 34.0 Å². The van der Waals surface area contributed by atoms with Gasteiger partial charge in [0.25, 0.3) is 5.56 Å². The van der Waals surface area contributed by atoms with Crippen LogP contribution in [0, 0.1) is 0 Å². The van der Waals surface area contributed by atoms with Crippen LogP contribution < -0.4 is 15.8 Å². The third-order valence-corrected chi connectivity index (χ3v) is 6.64. The van der Waals surface area contributed by atoms with Gasteiger partial charge in [-0.2, -0.15) is 0 Å². The van der Waals surface area contributed by atoms with Crippen molar-refractivity contribution in [2.45, 2.75) is 26.4 Å². The summed E-state index contributed by atoms with van der Waals surface area (Å²) in [4.78, 5) is 45.6. The largest absolute Gasteiger partial charge is 0.370 e. The molecule has 0 bridgehead atoms. The maximum atomic E-state index is 13.1. The quantitative estimate of drug-likeness (QED) is 0.580. The van der Waals surface area contributed by atoms with E-state index in [0.717, 1.165) is 30.8 Å². The Balaban J connectivity index is 1.48. The van der Waals surface area contributed by atoms with Crippen LogP contribution in [0.4, 0.5) is 5.69 Å². The fraction of sp³-hybridized carbons (Fsp3) is 0.333. The Kier molecular flexibility index (Phi) is 7.38.